The van der Waals surface area contributed by atoms with Gasteiger partial charge in [-0.1, -0.05) is 22.0 Å². The first-order valence-corrected chi connectivity index (χ1v) is 5.95. The zero-order valence-electron chi connectivity index (χ0n) is 9.23. The van der Waals surface area contributed by atoms with Crippen LogP contribution in [0.3, 0.4) is 0 Å². The molecule has 0 aliphatic carbocycles. The van der Waals surface area contributed by atoms with Crippen LogP contribution in [0.2, 0.25) is 0 Å². The molecule has 2 rings (SSSR count). The van der Waals surface area contributed by atoms with Gasteiger partial charge in [0, 0.05) is 16.2 Å². The smallest absolute Gasteiger partial charge is 0.268 e. The first-order valence-electron chi connectivity index (χ1n) is 5.16. The highest BCUT2D eigenvalue weighted by atomic mass is 79.9. The highest BCUT2D eigenvalue weighted by Gasteiger charge is 2.09. The van der Waals surface area contributed by atoms with Gasteiger partial charge in [-0.2, -0.15) is 5.26 Å². The molecule has 0 N–H and O–H groups in total. The number of pyridine rings is 1. The topological polar surface area (TPSA) is 45.8 Å². The third-order valence-electron chi connectivity index (χ3n) is 2.53. The summed E-state index contributed by atoms with van der Waals surface area (Å²) in [6.07, 6.45) is 1.53. The van der Waals surface area contributed by atoms with Gasteiger partial charge in [0.25, 0.3) is 5.56 Å². The summed E-state index contributed by atoms with van der Waals surface area (Å²) in [5.74, 6) is -0.390. The van der Waals surface area contributed by atoms with Crippen LogP contribution in [-0.4, -0.2) is 4.57 Å². The van der Waals surface area contributed by atoms with Crippen LogP contribution in [0.1, 0.15) is 11.1 Å². The van der Waals surface area contributed by atoms with Gasteiger partial charge in [-0.05, 0) is 24.3 Å². The van der Waals surface area contributed by atoms with E-state index >= 15 is 0 Å². The average Bonchev–Trinajstić information content (AvgIpc) is 2.36. The molecule has 0 fully saturated rings. The van der Waals surface area contributed by atoms with Crippen molar-refractivity contribution < 1.29 is 4.39 Å². The predicted octanol–water partition coefficient (Wildman–Crippen LogP) is 2.67. The molecule has 1 heterocycles. The summed E-state index contributed by atoms with van der Waals surface area (Å²) < 4.78 is 15.5. The van der Waals surface area contributed by atoms with Gasteiger partial charge in [0.15, 0.2) is 0 Å². The summed E-state index contributed by atoms with van der Waals surface area (Å²) in [5.41, 5.74) is 0.00908. The quantitative estimate of drug-likeness (QED) is 0.856. The van der Waals surface area contributed by atoms with Crippen molar-refractivity contribution in [2.45, 2.75) is 6.54 Å². The number of nitrogens with zero attached hydrogens (tertiary/aromatic N) is 2. The molecular formula is C13H8BrFN2O. The fourth-order valence-electron chi connectivity index (χ4n) is 1.60. The second-order valence-electron chi connectivity index (χ2n) is 3.67. The van der Waals surface area contributed by atoms with Crippen molar-refractivity contribution in [1.29, 1.82) is 5.26 Å². The molecule has 0 radical (unpaired) electrons. The molecule has 18 heavy (non-hydrogen) atoms. The first kappa shape index (κ1) is 12.5. The molecule has 0 saturated carbocycles. The Morgan fingerprint density at radius 1 is 1.33 bits per heavy atom. The lowest BCUT2D eigenvalue weighted by atomic mass is 10.2. The Kier molecular flexibility index (Phi) is 3.58. The van der Waals surface area contributed by atoms with Crippen molar-refractivity contribution in [3.8, 4) is 6.07 Å². The van der Waals surface area contributed by atoms with Crippen LogP contribution in [0.15, 0.2) is 45.8 Å². The molecule has 90 valence electrons. The lowest BCUT2D eigenvalue weighted by Gasteiger charge is -2.08. The van der Waals surface area contributed by atoms with Gasteiger partial charge in [0.1, 0.15) is 17.4 Å². The standard InChI is InChI=1S/C13H8BrFN2O/c14-11-4-1-5-12(15)10(11)8-17-6-2-3-9(7-16)13(17)18/h1-6H,8H2. The number of benzene rings is 1. The Labute approximate surface area is 111 Å². The zero-order chi connectivity index (χ0) is 13.1. The highest BCUT2D eigenvalue weighted by Crippen LogP contribution is 2.20. The molecular weight excluding hydrogens is 299 g/mol. The third-order valence-corrected chi connectivity index (χ3v) is 3.27. The predicted molar refractivity (Wildman–Crippen MR) is 68.6 cm³/mol. The Morgan fingerprint density at radius 2 is 2.11 bits per heavy atom. The summed E-state index contributed by atoms with van der Waals surface area (Å²) in [4.78, 5) is 11.8. The second kappa shape index (κ2) is 5.15. The van der Waals surface area contributed by atoms with E-state index in [1.54, 1.807) is 18.2 Å². The van der Waals surface area contributed by atoms with Crippen molar-refractivity contribution in [2.75, 3.05) is 0 Å². The molecule has 0 aliphatic rings. The molecule has 0 unspecified atom stereocenters. The fraction of sp³-hybridized carbons (Fsp3) is 0.0769. The van der Waals surface area contributed by atoms with Crippen LogP contribution in [0.4, 0.5) is 4.39 Å². The van der Waals surface area contributed by atoms with Crippen molar-refractivity contribution in [1.82, 2.24) is 4.57 Å². The van der Waals surface area contributed by atoms with E-state index in [0.717, 1.165) is 0 Å². The molecule has 0 bridgehead atoms. The van der Waals surface area contributed by atoms with E-state index in [9.17, 15) is 9.18 Å². The van der Waals surface area contributed by atoms with E-state index in [4.69, 9.17) is 5.26 Å². The Hall–Kier alpha value is -1.93. The lowest BCUT2D eigenvalue weighted by Crippen LogP contribution is -2.22. The van der Waals surface area contributed by atoms with Crippen molar-refractivity contribution in [3.05, 3.63) is 68.3 Å². The Morgan fingerprint density at radius 3 is 2.78 bits per heavy atom. The summed E-state index contributed by atoms with van der Waals surface area (Å²) in [6, 6.07) is 9.46. The van der Waals surface area contributed by atoms with Gasteiger partial charge >= 0.3 is 0 Å². The van der Waals surface area contributed by atoms with Gasteiger partial charge in [-0.25, -0.2) is 4.39 Å². The highest BCUT2D eigenvalue weighted by molar-refractivity contribution is 9.10. The van der Waals surface area contributed by atoms with Crippen LogP contribution in [-0.2, 0) is 6.54 Å². The van der Waals surface area contributed by atoms with E-state index in [0.29, 0.717) is 10.0 Å². The molecule has 1 aromatic heterocycles. The first-order chi connectivity index (χ1) is 8.63. The molecule has 5 heteroatoms. The van der Waals surface area contributed by atoms with Crippen molar-refractivity contribution >= 4 is 15.9 Å². The molecule has 0 atom stereocenters. The molecule has 0 aliphatic heterocycles. The molecule has 3 nitrogen and oxygen atoms in total. The van der Waals surface area contributed by atoms with E-state index in [2.05, 4.69) is 15.9 Å². The number of nitriles is 1. The molecule has 0 spiro atoms. The molecule has 1 aromatic carbocycles. The number of rotatable bonds is 2. The monoisotopic (exact) mass is 306 g/mol. The van der Waals surface area contributed by atoms with E-state index < -0.39 is 11.4 Å². The maximum Gasteiger partial charge on any atom is 0.268 e. The van der Waals surface area contributed by atoms with Crippen LogP contribution in [0.25, 0.3) is 0 Å². The van der Waals surface area contributed by atoms with E-state index in [1.807, 2.05) is 6.07 Å². The normalized spacial score (nSPS) is 10.1. The van der Waals surface area contributed by atoms with Gasteiger partial charge in [0.05, 0.1) is 6.54 Å². The van der Waals surface area contributed by atoms with Crippen molar-refractivity contribution in [2.24, 2.45) is 0 Å². The van der Waals surface area contributed by atoms with Crippen molar-refractivity contribution in [3.63, 3.8) is 0 Å². The van der Waals surface area contributed by atoms with Crippen LogP contribution >= 0.6 is 15.9 Å². The molecule has 2 aromatic rings. The van der Waals surface area contributed by atoms with E-state index in [-0.39, 0.29) is 12.1 Å². The van der Waals surface area contributed by atoms with Crippen LogP contribution in [0, 0.1) is 17.1 Å². The average molecular weight is 307 g/mol. The van der Waals surface area contributed by atoms with E-state index in [1.165, 1.54) is 22.9 Å². The van der Waals surface area contributed by atoms with Gasteiger partial charge in [-0.3, -0.25) is 4.79 Å². The maximum absolute atomic E-state index is 13.6. The molecule has 0 amide bonds. The number of aromatic nitrogens is 1. The summed E-state index contributed by atoms with van der Waals surface area (Å²) in [7, 11) is 0. The van der Waals surface area contributed by atoms with Gasteiger partial charge in [-0.15, -0.1) is 0 Å². The number of hydrogen-bond donors (Lipinski definition) is 0. The summed E-state index contributed by atoms with van der Waals surface area (Å²) in [5, 5.41) is 8.77. The van der Waals surface area contributed by atoms with Gasteiger partial charge < -0.3 is 4.57 Å². The molecule has 0 saturated heterocycles. The SMILES string of the molecule is N#Cc1cccn(Cc2c(F)cccc2Br)c1=O. The minimum absolute atomic E-state index is 0.0463. The summed E-state index contributed by atoms with van der Waals surface area (Å²) in [6.45, 7) is 0.0849. The Balaban J connectivity index is 2.48. The zero-order valence-corrected chi connectivity index (χ0v) is 10.8. The maximum atomic E-state index is 13.6. The number of hydrogen-bond acceptors (Lipinski definition) is 2. The fourth-order valence-corrected chi connectivity index (χ4v) is 2.07. The van der Waals surface area contributed by atoms with Crippen LogP contribution in [0.5, 0.6) is 0 Å². The summed E-state index contributed by atoms with van der Waals surface area (Å²) >= 11 is 3.24. The van der Waals surface area contributed by atoms with Gasteiger partial charge in [0.2, 0.25) is 0 Å². The minimum atomic E-state index is -0.421. The second-order valence-corrected chi connectivity index (χ2v) is 4.52. The van der Waals surface area contributed by atoms with Crippen LogP contribution < -0.4 is 5.56 Å². The third kappa shape index (κ3) is 2.34. The largest absolute Gasteiger partial charge is 0.310 e. The Bertz CT molecular complexity index is 668. The number of halogens is 2. The lowest BCUT2D eigenvalue weighted by molar-refractivity contribution is 0.594. The minimum Gasteiger partial charge on any atom is -0.310 e.